The number of carboxylic acid groups (broad SMARTS) is 1. The molecule has 2 N–H and O–H groups in total. The van der Waals surface area contributed by atoms with Gasteiger partial charge in [0.1, 0.15) is 0 Å². The highest BCUT2D eigenvalue weighted by Crippen LogP contribution is 2.22. The van der Waals surface area contributed by atoms with Crippen LogP contribution in [0.15, 0.2) is 24.3 Å². The highest BCUT2D eigenvalue weighted by atomic mass is 16.4. The molecule has 0 saturated carbocycles. The molecular weight excluding hydrogens is 192 g/mol. The van der Waals surface area contributed by atoms with Gasteiger partial charge in [0.15, 0.2) is 0 Å². The van der Waals surface area contributed by atoms with Crippen molar-refractivity contribution in [2.75, 3.05) is 18.9 Å². The molecule has 1 atom stereocenters. The molecule has 4 nitrogen and oxygen atoms in total. The highest BCUT2D eigenvalue weighted by molar-refractivity contribution is 5.66. The summed E-state index contributed by atoms with van der Waals surface area (Å²) in [6.07, 6.45) is -0.0902. The molecule has 1 aromatic rings. The van der Waals surface area contributed by atoms with E-state index in [4.69, 9.17) is 5.11 Å². The Balaban J connectivity index is 2.15. The molecule has 1 heterocycles. The zero-order valence-electron chi connectivity index (χ0n) is 8.60. The van der Waals surface area contributed by atoms with Gasteiger partial charge < -0.3 is 15.3 Å². The first-order chi connectivity index (χ1) is 7.18. The summed E-state index contributed by atoms with van der Waals surface area (Å²) in [5.41, 5.74) is 2.30. The third kappa shape index (κ3) is 1.88. The molecule has 0 spiro atoms. The van der Waals surface area contributed by atoms with Crippen LogP contribution in [-0.2, 0) is 6.42 Å². The lowest BCUT2D eigenvalue weighted by atomic mass is 9.99. The van der Waals surface area contributed by atoms with Gasteiger partial charge in [-0.25, -0.2) is 4.79 Å². The van der Waals surface area contributed by atoms with Gasteiger partial charge in [-0.1, -0.05) is 18.2 Å². The first kappa shape index (κ1) is 9.83. The second-order valence-corrected chi connectivity index (χ2v) is 3.79. The Morgan fingerprint density at radius 1 is 1.53 bits per heavy atom. The Kier molecular flexibility index (Phi) is 2.49. The van der Waals surface area contributed by atoms with Gasteiger partial charge in [-0.05, 0) is 18.1 Å². The summed E-state index contributed by atoms with van der Waals surface area (Å²) in [7, 11) is 1.61. The van der Waals surface area contributed by atoms with Gasteiger partial charge in [0.05, 0.1) is 6.04 Å². The van der Waals surface area contributed by atoms with E-state index in [1.54, 1.807) is 7.05 Å². The topological polar surface area (TPSA) is 52.6 Å². The molecule has 0 aliphatic carbocycles. The third-order valence-electron chi connectivity index (χ3n) is 2.85. The first-order valence-corrected chi connectivity index (χ1v) is 4.96. The summed E-state index contributed by atoms with van der Waals surface area (Å²) in [5.74, 6) is 0. The zero-order valence-corrected chi connectivity index (χ0v) is 8.60. The fourth-order valence-electron chi connectivity index (χ4n) is 1.85. The van der Waals surface area contributed by atoms with Crippen LogP contribution < -0.4 is 5.32 Å². The van der Waals surface area contributed by atoms with Crippen molar-refractivity contribution in [1.82, 2.24) is 4.90 Å². The normalized spacial score (nSPS) is 18.9. The molecule has 2 rings (SSSR count). The fraction of sp³-hybridized carbons (Fsp3) is 0.364. The number of fused-ring (bicyclic) bond motifs is 1. The number of nitrogens with zero attached hydrogens (tertiary/aromatic N) is 1. The average molecular weight is 206 g/mol. The molecule has 1 unspecified atom stereocenters. The van der Waals surface area contributed by atoms with Gasteiger partial charge in [-0.2, -0.15) is 0 Å². The average Bonchev–Trinajstić information content (AvgIpc) is 2.27. The zero-order chi connectivity index (χ0) is 10.8. The van der Waals surface area contributed by atoms with Crippen molar-refractivity contribution in [3.8, 4) is 0 Å². The highest BCUT2D eigenvalue weighted by Gasteiger charge is 2.23. The Morgan fingerprint density at radius 3 is 3.00 bits per heavy atom. The van der Waals surface area contributed by atoms with Gasteiger partial charge in [-0.15, -0.1) is 0 Å². The van der Waals surface area contributed by atoms with E-state index in [1.165, 1.54) is 10.5 Å². The predicted octanol–water partition coefficient (Wildman–Crippen LogP) is 1.63. The van der Waals surface area contributed by atoms with Crippen molar-refractivity contribution >= 4 is 11.8 Å². The lowest BCUT2D eigenvalue weighted by molar-refractivity contribution is 0.139. The van der Waals surface area contributed by atoms with E-state index >= 15 is 0 Å². The van der Waals surface area contributed by atoms with Crippen LogP contribution in [0.4, 0.5) is 10.5 Å². The summed E-state index contributed by atoms with van der Waals surface area (Å²) in [6, 6.07) is 8.03. The number of nitrogens with one attached hydrogen (secondary N) is 1. The molecule has 1 aliphatic rings. The van der Waals surface area contributed by atoms with Crippen molar-refractivity contribution in [2.45, 2.75) is 12.5 Å². The smallest absolute Gasteiger partial charge is 0.407 e. The van der Waals surface area contributed by atoms with Crippen LogP contribution in [0.25, 0.3) is 0 Å². The summed E-state index contributed by atoms with van der Waals surface area (Å²) < 4.78 is 0. The van der Waals surface area contributed by atoms with Crippen molar-refractivity contribution in [1.29, 1.82) is 0 Å². The fourth-order valence-corrected chi connectivity index (χ4v) is 1.85. The van der Waals surface area contributed by atoms with Gasteiger partial charge in [0.2, 0.25) is 0 Å². The minimum absolute atomic E-state index is 0.0254. The molecule has 1 aliphatic heterocycles. The molecule has 0 saturated heterocycles. The summed E-state index contributed by atoms with van der Waals surface area (Å²) in [6.45, 7) is 0.680. The number of carbonyl (C=O) groups is 1. The molecule has 0 aromatic heterocycles. The van der Waals surface area contributed by atoms with Gasteiger partial charge in [-0.3, -0.25) is 0 Å². The Hall–Kier alpha value is -1.71. The van der Waals surface area contributed by atoms with Crippen LogP contribution in [0.2, 0.25) is 0 Å². The van der Waals surface area contributed by atoms with Crippen molar-refractivity contribution in [3.63, 3.8) is 0 Å². The van der Waals surface area contributed by atoms with Crippen LogP contribution in [-0.4, -0.2) is 35.7 Å². The number of anilines is 1. The molecule has 0 radical (unpaired) electrons. The van der Waals surface area contributed by atoms with Crippen molar-refractivity contribution in [2.24, 2.45) is 0 Å². The van der Waals surface area contributed by atoms with Crippen LogP contribution >= 0.6 is 0 Å². The van der Waals surface area contributed by atoms with Gasteiger partial charge in [0.25, 0.3) is 0 Å². The number of para-hydroxylation sites is 1. The van der Waals surface area contributed by atoms with E-state index in [9.17, 15) is 4.79 Å². The first-order valence-electron chi connectivity index (χ1n) is 4.96. The molecule has 4 heteroatoms. The SMILES string of the molecule is CN(C(=O)O)C1CNc2ccccc2C1. The minimum atomic E-state index is -0.874. The Labute approximate surface area is 88.5 Å². The Morgan fingerprint density at radius 2 is 2.27 bits per heavy atom. The van der Waals surface area contributed by atoms with Crippen LogP contribution in [0.1, 0.15) is 5.56 Å². The maximum atomic E-state index is 10.8. The van der Waals surface area contributed by atoms with Gasteiger partial charge in [0, 0.05) is 19.3 Å². The van der Waals surface area contributed by atoms with E-state index in [0.29, 0.717) is 6.54 Å². The summed E-state index contributed by atoms with van der Waals surface area (Å²) >= 11 is 0. The standard InChI is InChI=1S/C11H14N2O2/c1-13(11(14)15)9-6-8-4-2-3-5-10(8)12-7-9/h2-5,9,12H,6-7H2,1H3,(H,14,15). The third-order valence-corrected chi connectivity index (χ3v) is 2.85. The van der Waals surface area contributed by atoms with E-state index in [2.05, 4.69) is 5.32 Å². The monoisotopic (exact) mass is 206 g/mol. The number of hydrogen-bond donors (Lipinski definition) is 2. The van der Waals surface area contributed by atoms with Crippen molar-refractivity contribution in [3.05, 3.63) is 29.8 Å². The second-order valence-electron chi connectivity index (χ2n) is 3.79. The number of amides is 1. The van der Waals surface area contributed by atoms with Crippen LogP contribution in [0, 0.1) is 0 Å². The molecule has 80 valence electrons. The van der Waals surface area contributed by atoms with E-state index < -0.39 is 6.09 Å². The molecule has 1 amide bonds. The largest absolute Gasteiger partial charge is 0.465 e. The lowest BCUT2D eigenvalue weighted by Crippen LogP contribution is -2.44. The molecule has 0 bridgehead atoms. The number of hydrogen-bond acceptors (Lipinski definition) is 2. The second kappa shape index (κ2) is 3.81. The lowest BCUT2D eigenvalue weighted by Gasteiger charge is -2.31. The van der Waals surface area contributed by atoms with E-state index in [0.717, 1.165) is 12.1 Å². The maximum Gasteiger partial charge on any atom is 0.407 e. The number of rotatable bonds is 1. The molecule has 0 fully saturated rings. The molecule has 1 aromatic carbocycles. The van der Waals surface area contributed by atoms with Crippen LogP contribution in [0.5, 0.6) is 0 Å². The number of benzene rings is 1. The molecule has 15 heavy (non-hydrogen) atoms. The summed E-state index contributed by atoms with van der Waals surface area (Å²) in [4.78, 5) is 12.2. The molecular formula is C11H14N2O2. The van der Waals surface area contributed by atoms with Gasteiger partial charge >= 0.3 is 6.09 Å². The predicted molar refractivity (Wildman–Crippen MR) is 58.2 cm³/mol. The number of likely N-dealkylation sites (N-methyl/N-ethyl adjacent to an activating group) is 1. The Bertz CT molecular complexity index is 379. The quantitative estimate of drug-likeness (QED) is 0.734. The van der Waals surface area contributed by atoms with Crippen molar-refractivity contribution < 1.29 is 9.90 Å². The van der Waals surface area contributed by atoms with Crippen LogP contribution in [0.3, 0.4) is 0 Å². The minimum Gasteiger partial charge on any atom is -0.465 e. The summed E-state index contributed by atoms with van der Waals surface area (Å²) in [5, 5.41) is 12.1. The maximum absolute atomic E-state index is 10.8. The van der Waals surface area contributed by atoms with E-state index in [-0.39, 0.29) is 6.04 Å². The van der Waals surface area contributed by atoms with E-state index in [1.807, 2.05) is 24.3 Å².